The van der Waals surface area contributed by atoms with Gasteiger partial charge < -0.3 is 0 Å². The molecule has 0 unspecified atom stereocenters. The Morgan fingerprint density at radius 3 is 2.37 bits per heavy atom. The molecule has 0 radical (unpaired) electrons. The van der Waals surface area contributed by atoms with Crippen LogP contribution in [0.5, 0.6) is 0 Å². The lowest BCUT2D eigenvalue weighted by atomic mass is 10.1. The molecule has 2 aromatic rings. The summed E-state index contributed by atoms with van der Waals surface area (Å²) in [4.78, 5) is 0. The fourth-order valence-corrected chi connectivity index (χ4v) is 1.94. The number of hydrogen-bond donors (Lipinski definition) is 0. The van der Waals surface area contributed by atoms with E-state index in [-0.39, 0.29) is 0 Å². The zero-order chi connectivity index (χ0) is 13.3. The minimum atomic E-state index is 0.591. The lowest BCUT2D eigenvalue weighted by Gasteiger charge is -1.91. The largest absolute Gasteiger partial charge is 0.192 e. The molecule has 0 fully saturated rings. The summed E-state index contributed by atoms with van der Waals surface area (Å²) in [5.74, 6) is 11.7. The standard InChI is InChI=1S/C17H9NS/c18-13-17-10-6-5-9-16(17)8-4-2-1-3-7-15-11-12-19-14-15/h1-2,5-6,9-12,14H. The van der Waals surface area contributed by atoms with Crippen LogP contribution >= 0.6 is 11.3 Å². The molecule has 1 aromatic heterocycles. The second-order valence-electron chi connectivity index (χ2n) is 3.54. The quantitative estimate of drug-likeness (QED) is 0.663. The van der Waals surface area contributed by atoms with Gasteiger partial charge in [-0.15, -0.1) is 0 Å². The first-order valence-electron chi connectivity index (χ1n) is 5.59. The highest BCUT2D eigenvalue weighted by Gasteiger charge is 1.94. The number of nitrogens with zero attached hydrogens (tertiary/aromatic N) is 1. The van der Waals surface area contributed by atoms with E-state index in [0.29, 0.717) is 5.56 Å². The molecule has 0 aliphatic heterocycles. The Hall–Kier alpha value is -2.73. The van der Waals surface area contributed by atoms with Gasteiger partial charge in [0.2, 0.25) is 0 Å². The maximum atomic E-state index is 8.91. The average Bonchev–Trinajstić information content (AvgIpc) is 2.96. The second kappa shape index (κ2) is 6.87. The van der Waals surface area contributed by atoms with Crippen LogP contribution in [0.25, 0.3) is 0 Å². The van der Waals surface area contributed by atoms with Gasteiger partial charge in [-0.25, -0.2) is 0 Å². The third kappa shape index (κ3) is 3.90. The lowest BCUT2D eigenvalue weighted by molar-refractivity contribution is 1.47. The Kier molecular flexibility index (Phi) is 4.60. The van der Waals surface area contributed by atoms with E-state index in [1.54, 1.807) is 29.6 Å². The third-order valence-electron chi connectivity index (χ3n) is 2.24. The first kappa shape index (κ1) is 12.7. The smallest absolute Gasteiger partial charge is 0.100 e. The maximum Gasteiger partial charge on any atom is 0.100 e. The van der Waals surface area contributed by atoms with Crippen molar-refractivity contribution < 1.29 is 0 Å². The van der Waals surface area contributed by atoms with Crippen molar-refractivity contribution in [3.05, 3.63) is 69.9 Å². The van der Waals surface area contributed by atoms with Crippen molar-refractivity contribution in [1.29, 1.82) is 5.26 Å². The highest BCUT2D eigenvalue weighted by Crippen LogP contribution is 2.05. The molecule has 0 spiro atoms. The van der Waals surface area contributed by atoms with Gasteiger partial charge in [0.1, 0.15) is 6.07 Å². The molecule has 1 aromatic carbocycles. The van der Waals surface area contributed by atoms with E-state index < -0.39 is 0 Å². The molecule has 2 rings (SSSR count). The first-order valence-corrected chi connectivity index (χ1v) is 6.54. The predicted molar refractivity (Wildman–Crippen MR) is 78.4 cm³/mol. The Labute approximate surface area is 116 Å². The third-order valence-corrected chi connectivity index (χ3v) is 2.93. The van der Waals surface area contributed by atoms with Crippen LogP contribution in [0.1, 0.15) is 16.7 Å². The number of thiophene rings is 1. The van der Waals surface area contributed by atoms with Crippen molar-refractivity contribution in [2.45, 2.75) is 0 Å². The Balaban J connectivity index is 2.04. The van der Waals surface area contributed by atoms with Crippen LogP contribution in [0.3, 0.4) is 0 Å². The summed E-state index contributed by atoms with van der Waals surface area (Å²) in [6, 6.07) is 11.4. The number of rotatable bonds is 0. The Bertz CT molecular complexity index is 738. The van der Waals surface area contributed by atoms with E-state index in [2.05, 4.69) is 29.8 Å². The number of allylic oxidation sites excluding steroid dienone is 2. The molecule has 0 atom stereocenters. The van der Waals surface area contributed by atoms with E-state index in [1.165, 1.54) is 0 Å². The highest BCUT2D eigenvalue weighted by atomic mass is 32.1. The van der Waals surface area contributed by atoms with E-state index in [0.717, 1.165) is 11.1 Å². The Morgan fingerprint density at radius 1 is 0.947 bits per heavy atom. The maximum absolute atomic E-state index is 8.91. The van der Waals surface area contributed by atoms with Gasteiger partial charge in [-0.3, -0.25) is 0 Å². The average molecular weight is 259 g/mol. The summed E-state index contributed by atoms with van der Waals surface area (Å²) >= 11 is 1.62. The van der Waals surface area contributed by atoms with Crippen LogP contribution in [0.2, 0.25) is 0 Å². The Morgan fingerprint density at radius 2 is 1.68 bits per heavy atom. The molecule has 1 nitrogen and oxygen atoms in total. The van der Waals surface area contributed by atoms with E-state index in [9.17, 15) is 0 Å². The fourth-order valence-electron chi connectivity index (χ4n) is 1.35. The summed E-state index contributed by atoms with van der Waals surface area (Å²) in [5, 5.41) is 12.9. The molecule has 19 heavy (non-hydrogen) atoms. The summed E-state index contributed by atoms with van der Waals surface area (Å²) in [6.45, 7) is 0. The molecule has 0 N–H and O–H groups in total. The van der Waals surface area contributed by atoms with Gasteiger partial charge in [0, 0.05) is 16.5 Å². The van der Waals surface area contributed by atoms with Gasteiger partial charge >= 0.3 is 0 Å². The molecule has 0 aliphatic rings. The zero-order valence-corrected chi connectivity index (χ0v) is 10.9. The van der Waals surface area contributed by atoms with Crippen LogP contribution in [0.4, 0.5) is 0 Å². The molecule has 0 bridgehead atoms. The van der Waals surface area contributed by atoms with Crippen molar-refractivity contribution in [2.75, 3.05) is 0 Å². The van der Waals surface area contributed by atoms with Gasteiger partial charge in [-0.05, 0) is 35.7 Å². The molecule has 1 heterocycles. The van der Waals surface area contributed by atoms with E-state index >= 15 is 0 Å². The highest BCUT2D eigenvalue weighted by molar-refractivity contribution is 7.08. The molecule has 0 saturated carbocycles. The molecule has 0 saturated heterocycles. The van der Waals surface area contributed by atoms with Crippen molar-refractivity contribution in [3.63, 3.8) is 0 Å². The molecular weight excluding hydrogens is 250 g/mol. The van der Waals surface area contributed by atoms with Gasteiger partial charge in [-0.1, -0.05) is 35.8 Å². The summed E-state index contributed by atoms with van der Waals surface area (Å²) in [5.41, 5.74) is 2.34. The number of benzene rings is 1. The number of nitriles is 1. The van der Waals surface area contributed by atoms with Crippen molar-refractivity contribution >= 4 is 11.3 Å². The topological polar surface area (TPSA) is 23.8 Å². The molecule has 0 amide bonds. The second-order valence-corrected chi connectivity index (χ2v) is 4.32. The summed E-state index contributed by atoms with van der Waals surface area (Å²) < 4.78 is 0. The minimum Gasteiger partial charge on any atom is -0.192 e. The van der Waals surface area contributed by atoms with Crippen LogP contribution in [-0.4, -0.2) is 0 Å². The molecule has 2 heteroatoms. The first-order chi connectivity index (χ1) is 9.40. The fraction of sp³-hybridized carbons (Fsp3) is 0. The van der Waals surface area contributed by atoms with E-state index in [4.69, 9.17) is 5.26 Å². The van der Waals surface area contributed by atoms with Crippen molar-refractivity contribution in [1.82, 2.24) is 0 Å². The summed E-state index contributed by atoms with van der Waals surface area (Å²) in [6.07, 6.45) is 3.40. The lowest BCUT2D eigenvalue weighted by Crippen LogP contribution is -1.80. The van der Waals surface area contributed by atoms with Crippen molar-refractivity contribution in [2.24, 2.45) is 0 Å². The van der Waals surface area contributed by atoms with Crippen molar-refractivity contribution in [3.8, 4) is 29.8 Å². The van der Waals surface area contributed by atoms with Gasteiger partial charge in [0.15, 0.2) is 0 Å². The monoisotopic (exact) mass is 259 g/mol. The normalized spacial score (nSPS) is 9.00. The molecule has 88 valence electrons. The molecule has 0 aliphatic carbocycles. The van der Waals surface area contributed by atoms with Gasteiger partial charge in [0.05, 0.1) is 5.56 Å². The van der Waals surface area contributed by atoms with Crippen LogP contribution < -0.4 is 0 Å². The van der Waals surface area contributed by atoms with Gasteiger partial charge in [-0.2, -0.15) is 16.6 Å². The van der Waals surface area contributed by atoms with Gasteiger partial charge in [0.25, 0.3) is 0 Å². The minimum absolute atomic E-state index is 0.591. The summed E-state index contributed by atoms with van der Waals surface area (Å²) in [7, 11) is 0. The molecular formula is C17H9NS. The van der Waals surface area contributed by atoms with Crippen LogP contribution in [-0.2, 0) is 0 Å². The van der Waals surface area contributed by atoms with Crippen LogP contribution in [0, 0.1) is 35.0 Å². The zero-order valence-electron chi connectivity index (χ0n) is 10.1. The SMILES string of the molecule is N#Cc1ccccc1C#CC=CC#Cc1ccsc1. The predicted octanol–water partition coefficient (Wildman–Crippen LogP) is 3.58. The number of hydrogen-bond acceptors (Lipinski definition) is 2. The van der Waals surface area contributed by atoms with Crippen LogP contribution in [0.15, 0.2) is 53.2 Å². The van der Waals surface area contributed by atoms with E-state index in [1.807, 2.05) is 35.0 Å².